The summed E-state index contributed by atoms with van der Waals surface area (Å²) in [6.45, 7) is 1.42. The van der Waals surface area contributed by atoms with E-state index in [0.717, 1.165) is 29.3 Å². The topological polar surface area (TPSA) is 109 Å². The fourth-order valence-corrected chi connectivity index (χ4v) is 2.72. The Morgan fingerprint density at radius 3 is 2.63 bits per heavy atom. The van der Waals surface area contributed by atoms with Gasteiger partial charge in [0, 0.05) is 24.7 Å². The van der Waals surface area contributed by atoms with Crippen molar-refractivity contribution in [2.24, 2.45) is 0 Å². The van der Waals surface area contributed by atoms with Crippen LogP contribution in [0, 0.1) is 0 Å². The summed E-state index contributed by atoms with van der Waals surface area (Å²) in [6.07, 6.45) is -2.51. The van der Waals surface area contributed by atoms with E-state index in [9.17, 15) is 18.0 Å². The Bertz CT molecular complexity index is 842. The number of benzene rings is 1. The number of likely N-dealkylation sites (N-methyl/N-ethyl adjacent to an activating group) is 1. The first kappa shape index (κ1) is 20.4. The van der Waals surface area contributed by atoms with Crippen LogP contribution < -0.4 is 11.1 Å². The van der Waals surface area contributed by atoms with Crippen LogP contribution in [0.25, 0.3) is 10.8 Å². The molecule has 0 saturated carbocycles. The van der Waals surface area contributed by atoms with Crippen molar-refractivity contribution in [3.8, 4) is 0 Å². The summed E-state index contributed by atoms with van der Waals surface area (Å²) in [5, 5.41) is 12.2. The van der Waals surface area contributed by atoms with Crippen LogP contribution in [0.15, 0.2) is 30.5 Å². The first-order valence-electron chi connectivity index (χ1n) is 8.02. The number of nitrogens with two attached hydrogens (primary N) is 1. The van der Waals surface area contributed by atoms with Crippen molar-refractivity contribution < 1.29 is 27.9 Å². The number of anilines is 1. The Labute approximate surface area is 153 Å². The molecule has 1 saturated heterocycles. The lowest BCUT2D eigenvalue weighted by Crippen LogP contribution is -2.35. The van der Waals surface area contributed by atoms with E-state index < -0.39 is 12.1 Å². The fourth-order valence-electron chi connectivity index (χ4n) is 2.72. The van der Waals surface area contributed by atoms with E-state index in [-0.39, 0.29) is 11.9 Å². The number of alkyl halides is 3. The average molecular weight is 384 g/mol. The normalized spacial score (nSPS) is 17.0. The smallest absolute Gasteiger partial charge is 0.475 e. The number of nitrogen functional groups attached to an aromatic ring is 1. The predicted octanol–water partition coefficient (Wildman–Crippen LogP) is 1.77. The molecule has 7 nitrogen and oxygen atoms in total. The highest BCUT2D eigenvalue weighted by Crippen LogP contribution is 2.22. The average Bonchev–Trinajstić information content (AvgIpc) is 2.95. The minimum absolute atomic E-state index is 0.0396. The maximum absolute atomic E-state index is 12.1. The molecule has 1 aromatic carbocycles. The lowest BCUT2D eigenvalue weighted by atomic mass is 10.1. The van der Waals surface area contributed by atoms with Crippen LogP contribution in [0.4, 0.5) is 19.0 Å². The van der Waals surface area contributed by atoms with Gasteiger partial charge >= 0.3 is 12.1 Å². The maximum Gasteiger partial charge on any atom is 0.490 e. The third-order valence-corrected chi connectivity index (χ3v) is 4.12. The van der Waals surface area contributed by atoms with Gasteiger partial charge in [0.1, 0.15) is 5.82 Å². The van der Waals surface area contributed by atoms with Crippen molar-refractivity contribution in [1.82, 2.24) is 15.2 Å². The summed E-state index contributed by atoms with van der Waals surface area (Å²) >= 11 is 0. The van der Waals surface area contributed by atoms with Crippen LogP contribution in [0.5, 0.6) is 0 Å². The molecule has 3 rings (SSSR count). The molecule has 146 valence electrons. The number of hydrogen-bond acceptors (Lipinski definition) is 5. The van der Waals surface area contributed by atoms with Gasteiger partial charge in [-0.25, -0.2) is 9.78 Å². The Balaban J connectivity index is 0.000000321. The van der Waals surface area contributed by atoms with E-state index in [1.165, 1.54) is 0 Å². The zero-order valence-electron chi connectivity index (χ0n) is 14.5. The molecule has 27 heavy (non-hydrogen) atoms. The lowest BCUT2D eigenvalue weighted by molar-refractivity contribution is -0.192. The summed E-state index contributed by atoms with van der Waals surface area (Å²) in [6, 6.07) is 7.99. The van der Waals surface area contributed by atoms with E-state index in [1.807, 2.05) is 36.2 Å². The Morgan fingerprint density at radius 1 is 1.41 bits per heavy atom. The number of carbonyl (C=O) groups is 2. The van der Waals surface area contributed by atoms with E-state index in [4.69, 9.17) is 15.6 Å². The molecular formula is C17H19F3N4O3. The number of nitrogens with one attached hydrogen (secondary N) is 1. The van der Waals surface area contributed by atoms with Gasteiger partial charge in [-0.05, 0) is 36.6 Å². The molecule has 0 bridgehead atoms. The number of halogens is 3. The molecule has 10 heteroatoms. The molecule has 1 aliphatic rings. The molecule has 1 aromatic heterocycles. The van der Waals surface area contributed by atoms with Gasteiger partial charge in [-0.1, -0.05) is 12.1 Å². The molecule has 0 radical (unpaired) electrons. The number of carbonyl (C=O) groups excluding carboxylic acids is 1. The van der Waals surface area contributed by atoms with Gasteiger partial charge in [0.25, 0.3) is 0 Å². The minimum atomic E-state index is -5.08. The summed E-state index contributed by atoms with van der Waals surface area (Å²) in [5.41, 5.74) is 6.99. The lowest BCUT2D eigenvalue weighted by Gasteiger charge is -2.17. The molecule has 0 spiro atoms. The highest BCUT2D eigenvalue weighted by Gasteiger charge is 2.38. The molecule has 2 aromatic rings. The van der Waals surface area contributed by atoms with E-state index in [0.29, 0.717) is 12.4 Å². The van der Waals surface area contributed by atoms with Gasteiger partial charge in [-0.15, -0.1) is 0 Å². The third-order valence-electron chi connectivity index (χ3n) is 4.12. The summed E-state index contributed by atoms with van der Waals surface area (Å²) in [7, 11) is 1.83. The number of likely N-dealkylation sites (tertiary alicyclic amines) is 1. The number of amides is 1. The third kappa shape index (κ3) is 5.07. The van der Waals surface area contributed by atoms with Crippen molar-refractivity contribution in [3.05, 3.63) is 36.0 Å². The van der Waals surface area contributed by atoms with Crippen LogP contribution in [-0.4, -0.2) is 52.7 Å². The van der Waals surface area contributed by atoms with Crippen molar-refractivity contribution in [3.63, 3.8) is 0 Å². The first-order valence-corrected chi connectivity index (χ1v) is 8.02. The Kier molecular flexibility index (Phi) is 6.21. The standard InChI is InChI=1S/C15H18N4O.C2HF3O2/c1-17-13-5-7-19(15(13)20)9-10-2-3-11-4-6-18-14(16)12(11)8-10;3-2(4,5)1(6)7/h2-4,6,8,13,17H,5,7,9H2,1H3,(H2,16,18);(H,6,7)/t13-;/m0./s1. The molecular weight excluding hydrogens is 365 g/mol. The number of rotatable bonds is 3. The number of aromatic nitrogens is 1. The van der Waals surface area contributed by atoms with Crippen molar-refractivity contribution in [2.45, 2.75) is 25.2 Å². The monoisotopic (exact) mass is 384 g/mol. The molecule has 0 unspecified atom stereocenters. The van der Waals surface area contributed by atoms with Crippen LogP contribution in [0.2, 0.25) is 0 Å². The largest absolute Gasteiger partial charge is 0.490 e. The van der Waals surface area contributed by atoms with Gasteiger partial charge < -0.3 is 21.1 Å². The molecule has 1 aliphatic heterocycles. The predicted molar refractivity (Wildman–Crippen MR) is 92.7 cm³/mol. The molecule has 1 fully saturated rings. The maximum atomic E-state index is 12.1. The summed E-state index contributed by atoms with van der Waals surface area (Å²) < 4.78 is 31.7. The van der Waals surface area contributed by atoms with Crippen LogP contribution >= 0.6 is 0 Å². The van der Waals surface area contributed by atoms with Crippen LogP contribution in [-0.2, 0) is 16.1 Å². The SMILES string of the molecule is CN[C@H]1CCN(Cc2ccc3ccnc(N)c3c2)C1=O.O=C(O)C(F)(F)F. The van der Waals surface area contributed by atoms with Crippen LogP contribution in [0.3, 0.4) is 0 Å². The van der Waals surface area contributed by atoms with E-state index >= 15 is 0 Å². The summed E-state index contributed by atoms with van der Waals surface area (Å²) in [4.78, 5) is 27.0. The zero-order chi connectivity index (χ0) is 20.2. The number of fused-ring (bicyclic) bond motifs is 1. The van der Waals surface area contributed by atoms with Gasteiger partial charge in [0.2, 0.25) is 5.91 Å². The second-order valence-electron chi connectivity index (χ2n) is 5.94. The second kappa shape index (κ2) is 8.21. The van der Waals surface area contributed by atoms with E-state index in [2.05, 4.69) is 10.3 Å². The second-order valence-corrected chi connectivity index (χ2v) is 5.94. The van der Waals surface area contributed by atoms with Gasteiger partial charge in [-0.2, -0.15) is 13.2 Å². The number of nitrogens with zero attached hydrogens (tertiary/aromatic N) is 2. The van der Waals surface area contributed by atoms with Crippen LogP contribution in [0.1, 0.15) is 12.0 Å². The molecule has 1 amide bonds. The van der Waals surface area contributed by atoms with Crippen molar-refractivity contribution in [2.75, 3.05) is 19.3 Å². The van der Waals surface area contributed by atoms with Crippen molar-refractivity contribution in [1.29, 1.82) is 0 Å². The summed E-state index contributed by atoms with van der Waals surface area (Å²) in [5.74, 6) is -2.05. The number of carboxylic acid groups (broad SMARTS) is 1. The van der Waals surface area contributed by atoms with E-state index in [1.54, 1.807) is 6.20 Å². The quantitative estimate of drug-likeness (QED) is 0.744. The Hall–Kier alpha value is -2.88. The van der Waals surface area contributed by atoms with Crippen molar-refractivity contribution >= 4 is 28.5 Å². The molecule has 4 N–H and O–H groups in total. The van der Waals surface area contributed by atoms with Gasteiger partial charge in [-0.3, -0.25) is 4.79 Å². The molecule has 2 heterocycles. The number of hydrogen-bond donors (Lipinski definition) is 3. The Morgan fingerprint density at radius 2 is 2.07 bits per heavy atom. The highest BCUT2D eigenvalue weighted by atomic mass is 19.4. The number of carboxylic acids is 1. The highest BCUT2D eigenvalue weighted by molar-refractivity contribution is 5.91. The molecule has 0 aliphatic carbocycles. The first-order chi connectivity index (χ1) is 12.6. The molecule has 1 atom stereocenters. The zero-order valence-corrected chi connectivity index (χ0v) is 14.5. The van der Waals surface area contributed by atoms with Gasteiger partial charge in [0.15, 0.2) is 0 Å². The number of aliphatic carboxylic acids is 1. The minimum Gasteiger partial charge on any atom is -0.475 e. The number of pyridine rings is 1. The fraction of sp³-hybridized carbons (Fsp3) is 0.353. The van der Waals surface area contributed by atoms with Gasteiger partial charge in [0.05, 0.1) is 6.04 Å².